The van der Waals surface area contributed by atoms with Gasteiger partial charge in [0, 0.05) is 0 Å². The molecule has 3 aromatic rings. The first-order valence-corrected chi connectivity index (χ1v) is 15.8. The van der Waals surface area contributed by atoms with E-state index in [4.69, 9.17) is 9.15 Å². The summed E-state index contributed by atoms with van der Waals surface area (Å²) in [6, 6.07) is 8.31. The second-order valence-electron chi connectivity index (χ2n) is 8.54. The molecule has 1 atom stereocenters. The second kappa shape index (κ2) is 9.86. The molecule has 0 aliphatic carbocycles. The summed E-state index contributed by atoms with van der Waals surface area (Å²) < 4.78 is 52.2. The number of rotatable bonds is 7. The average molecular weight is 574 g/mol. The van der Waals surface area contributed by atoms with Gasteiger partial charge < -0.3 is 0 Å². The molecule has 11 heteroatoms. The number of aliphatic hydroxyl groups excluding tert-OH is 1. The second-order valence-corrected chi connectivity index (χ2v) is 15.3. The topological polar surface area (TPSA) is 117 Å². The van der Waals surface area contributed by atoms with E-state index in [-0.39, 0.29) is 38.8 Å². The Kier molecular flexibility index (Phi) is 6.78. The molecule has 2 aromatic carbocycles. The zero-order chi connectivity index (χ0) is 25.4. The number of furan rings is 1. The van der Waals surface area contributed by atoms with E-state index in [0.29, 0.717) is 36.4 Å². The summed E-state index contributed by atoms with van der Waals surface area (Å²) in [5.74, 6) is -1.18. The normalized spacial score (nSPS) is 18.0. The van der Waals surface area contributed by atoms with Gasteiger partial charge in [0.05, 0.1) is 0 Å². The monoisotopic (exact) mass is 574 g/mol. The Labute approximate surface area is 212 Å². The molecule has 0 bridgehead atoms. The minimum absolute atomic E-state index is 0.0449. The van der Waals surface area contributed by atoms with Gasteiger partial charge in [-0.15, -0.1) is 0 Å². The van der Waals surface area contributed by atoms with Crippen LogP contribution in [0, 0.1) is 5.82 Å². The summed E-state index contributed by atoms with van der Waals surface area (Å²) in [6.07, 6.45) is 5.08. The fourth-order valence-electron chi connectivity index (χ4n) is 4.42. The van der Waals surface area contributed by atoms with Crippen molar-refractivity contribution in [1.82, 2.24) is 4.90 Å². The van der Waals surface area contributed by atoms with Gasteiger partial charge in [-0.25, -0.2) is 0 Å². The Morgan fingerprint density at radius 1 is 1.22 bits per heavy atom. The van der Waals surface area contributed by atoms with E-state index >= 15 is 0 Å². The third-order valence-corrected chi connectivity index (χ3v) is 12.2. The van der Waals surface area contributed by atoms with Gasteiger partial charge in [0.1, 0.15) is 0 Å². The Bertz CT molecular complexity index is 1470. The molecule has 3 heterocycles. The Balaban J connectivity index is 1.47. The number of ether oxygens (including phenoxy) is 1. The zero-order valence-corrected chi connectivity index (χ0v) is 21.6. The molecular formula is C25H22AsFNO7S. The van der Waals surface area contributed by atoms with Crippen molar-refractivity contribution < 1.29 is 37.0 Å². The van der Waals surface area contributed by atoms with Crippen LogP contribution in [0.2, 0.25) is 0 Å². The maximum absolute atomic E-state index is 14.0. The standard InChI is InChI=1S/C25H22AsFNO7S/c27-16-3-6-22(15(12-16)2-1-9-28-10-7-17(29)13-28)36(32,33)26-20-5-4-19-18-8-11-34-21(18)14-35-24(19)23(20)25(30)31/h1-6,8,11-12,17,29H,7,9-10,13-14H2,(H,30,31)/b2-1-/t17-/m0/s1. The molecule has 2 aliphatic rings. The van der Waals surface area contributed by atoms with Crippen LogP contribution >= 0.6 is 0 Å². The molecule has 1 aromatic heterocycles. The maximum atomic E-state index is 14.0. The summed E-state index contributed by atoms with van der Waals surface area (Å²) in [7, 11) is -3.97. The first-order valence-electron chi connectivity index (χ1n) is 11.2. The van der Waals surface area contributed by atoms with Crippen LogP contribution in [-0.2, 0) is 14.7 Å². The van der Waals surface area contributed by atoms with E-state index in [9.17, 15) is 27.8 Å². The number of hydrogen-bond acceptors (Lipinski definition) is 7. The van der Waals surface area contributed by atoms with Crippen LogP contribution in [0.15, 0.2) is 58.1 Å². The Morgan fingerprint density at radius 2 is 2.06 bits per heavy atom. The molecule has 0 spiro atoms. The SMILES string of the molecule is O=C(O)c1c([As]S(=O)(=O)c2ccc(F)cc2/C=C\CN2CC[C@H](O)C2)ccc2c1OCc1occc1-2. The molecule has 0 saturated carbocycles. The van der Waals surface area contributed by atoms with Crippen LogP contribution in [0.5, 0.6) is 5.75 Å². The minimum atomic E-state index is -3.97. The molecule has 36 heavy (non-hydrogen) atoms. The first kappa shape index (κ1) is 24.8. The van der Waals surface area contributed by atoms with E-state index in [2.05, 4.69) is 0 Å². The molecule has 1 radical (unpaired) electrons. The number of benzene rings is 2. The van der Waals surface area contributed by atoms with Crippen LogP contribution in [0.1, 0.15) is 28.1 Å². The van der Waals surface area contributed by atoms with Crippen LogP contribution in [0.4, 0.5) is 4.39 Å². The number of likely N-dealkylation sites (tertiary alicyclic amines) is 1. The summed E-state index contributed by atoms with van der Waals surface area (Å²) in [4.78, 5) is 14.2. The van der Waals surface area contributed by atoms with E-state index in [1.807, 2.05) is 4.90 Å². The molecule has 5 rings (SSSR count). The molecule has 1 fully saturated rings. The predicted molar refractivity (Wildman–Crippen MR) is 131 cm³/mol. The van der Waals surface area contributed by atoms with Gasteiger partial charge in [-0.1, -0.05) is 0 Å². The third-order valence-electron chi connectivity index (χ3n) is 6.11. The van der Waals surface area contributed by atoms with Gasteiger partial charge in [0.2, 0.25) is 0 Å². The van der Waals surface area contributed by atoms with Crippen molar-refractivity contribution in [2.45, 2.75) is 24.0 Å². The van der Waals surface area contributed by atoms with Crippen molar-refractivity contribution in [1.29, 1.82) is 0 Å². The van der Waals surface area contributed by atoms with Crippen LogP contribution < -0.4 is 9.09 Å². The van der Waals surface area contributed by atoms with Crippen molar-refractivity contribution in [3.8, 4) is 16.9 Å². The molecule has 2 N–H and O–H groups in total. The molecule has 2 aliphatic heterocycles. The molecular weight excluding hydrogens is 552 g/mol. The number of carboxylic acid groups (broad SMARTS) is 1. The summed E-state index contributed by atoms with van der Waals surface area (Å²) in [6.45, 7) is 1.79. The number of aromatic carboxylic acids is 1. The van der Waals surface area contributed by atoms with Gasteiger partial charge in [0.15, 0.2) is 0 Å². The first-order chi connectivity index (χ1) is 17.2. The number of fused-ring (bicyclic) bond motifs is 3. The zero-order valence-electron chi connectivity index (χ0n) is 18.9. The fraction of sp³-hybridized carbons (Fsp3) is 0.240. The predicted octanol–water partition coefficient (Wildman–Crippen LogP) is 2.47. The van der Waals surface area contributed by atoms with Crippen molar-refractivity contribution in [2.75, 3.05) is 19.6 Å². The number of aliphatic hydroxyl groups is 1. The summed E-state index contributed by atoms with van der Waals surface area (Å²) >= 11 is -1.71. The van der Waals surface area contributed by atoms with E-state index in [1.165, 1.54) is 18.4 Å². The van der Waals surface area contributed by atoms with Gasteiger partial charge in [0.25, 0.3) is 0 Å². The quantitative estimate of drug-likeness (QED) is 0.414. The van der Waals surface area contributed by atoms with Crippen molar-refractivity contribution >= 4 is 39.1 Å². The van der Waals surface area contributed by atoms with Gasteiger partial charge in [-0.2, -0.15) is 0 Å². The number of β-amino-alcohol motifs (C(OH)–C–C–N with tert-alkyl or cyclic N) is 1. The van der Waals surface area contributed by atoms with Crippen molar-refractivity contribution in [3.63, 3.8) is 0 Å². The third kappa shape index (κ3) is 4.86. The number of carbonyl (C=O) groups is 1. The van der Waals surface area contributed by atoms with Gasteiger partial charge in [-0.05, 0) is 0 Å². The molecule has 1 saturated heterocycles. The number of hydrogen-bond donors (Lipinski definition) is 2. The number of halogens is 1. The van der Waals surface area contributed by atoms with E-state index in [1.54, 1.807) is 24.3 Å². The Hall–Kier alpha value is -2.91. The van der Waals surface area contributed by atoms with Crippen LogP contribution in [-0.4, -0.2) is 69.8 Å². The number of carboxylic acids is 1. The Morgan fingerprint density at radius 3 is 2.81 bits per heavy atom. The fourth-order valence-corrected chi connectivity index (χ4v) is 10.4. The van der Waals surface area contributed by atoms with Crippen molar-refractivity contribution in [2.24, 2.45) is 0 Å². The van der Waals surface area contributed by atoms with E-state index < -0.39 is 34.5 Å². The van der Waals surface area contributed by atoms with Gasteiger partial charge in [-0.3, -0.25) is 0 Å². The van der Waals surface area contributed by atoms with Gasteiger partial charge >= 0.3 is 213 Å². The molecule has 0 amide bonds. The molecule has 8 nitrogen and oxygen atoms in total. The number of nitrogens with zero attached hydrogens (tertiary/aromatic N) is 1. The van der Waals surface area contributed by atoms with Crippen LogP contribution in [0.3, 0.4) is 0 Å². The van der Waals surface area contributed by atoms with E-state index in [0.717, 1.165) is 18.7 Å². The van der Waals surface area contributed by atoms with Crippen molar-refractivity contribution in [3.05, 3.63) is 71.4 Å². The summed E-state index contributed by atoms with van der Waals surface area (Å²) in [5, 5.41) is 19.6. The van der Waals surface area contributed by atoms with Crippen LogP contribution in [0.25, 0.3) is 17.2 Å². The summed E-state index contributed by atoms with van der Waals surface area (Å²) in [5.41, 5.74) is 1.25. The molecule has 0 unspecified atom stereocenters. The average Bonchev–Trinajstić information content (AvgIpc) is 3.47. The molecule has 187 valence electrons.